The van der Waals surface area contributed by atoms with Gasteiger partial charge in [0.05, 0.1) is 33.0 Å². The Labute approximate surface area is 622 Å². The van der Waals surface area contributed by atoms with Crippen molar-refractivity contribution >= 4 is 52.0 Å². The van der Waals surface area contributed by atoms with Crippen LogP contribution in [0.25, 0.3) is 0 Å². The molecule has 0 aromatic carbocycles. The van der Waals surface area contributed by atoms with Crippen LogP contribution in [0.1, 0.15) is 420 Å². The fourth-order valence-corrected chi connectivity index (χ4v) is 12.1. The topological polar surface area (TPSA) is 332 Å². The van der Waals surface area contributed by atoms with Crippen LogP contribution < -0.4 is 29.6 Å². The van der Waals surface area contributed by atoms with Gasteiger partial charge >= 0.3 is 37.0 Å². The molecular formula is C71H145NaO20S5. The minimum atomic E-state index is -4.49. The molecule has 0 bridgehead atoms. The zero-order valence-electron chi connectivity index (χ0n) is 62.7. The number of unbranched alkanes of at least 4 members (excludes halogenated alkanes) is 55. The molecule has 580 valence electrons. The molecule has 0 saturated carbocycles. The van der Waals surface area contributed by atoms with Crippen LogP contribution in [0.2, 0.25) is 0 Å². The second-order valence-electron chi connectivity index (χ2n) is 25.6. The molecule has 26 heteroatoms. The minimum absolute atomic E-state index is 0. The van der Waals surface area contributed by atoms with Crippen molar-refractivity contribution in [2.45, 2.75) is 420 Å². The van der Waals surface area contributed by atoms with Gasteiger partial charge in [0.25, 0.3) is 0 Å². The van der Waals surface area contributed by atoms with Gasteiger partial charge in [0.15, 0.2) is 0 Å². The van der Waals surface area contributed by atoms with E-state index >= 15 is 0 Å². The third kappa shape index (κ3) is 133. The quantitative estimate of drug-likeness (QED) is 0.0236. The van der Waals surface area contributed by atoms with Crippen molar-refractivity contribution in [1.82, 2.24) is 0 Å². The molecule has 0 spiro atoms. The van der Waals surface area contributed by atoms with E-state index in [0.29, 0.717) is 32.1 Å². The average Bonchev–Trinajstić information content (AvgIpc) is 3.50. The molecule has 0 N–H and O–H groups in total. The van der Waals surface area contributed by atoms with Gasteiger partial charge < -0.3 is 22.8 Å². The summed E-state index contributed by atoms with van der Waals surface area (Å²) in [5, 5.41) is 0. The van der Waals surface area contributed by atoms with Gasteiger partial charge in [0, 0.05) is 0 Å². The number of hydrogen-bond donors (Lipinski definition) is 0. The third-order valence-corrected chi connectivity index (χ3v) is 18.4. The van der Waals surface area contributed by atoms with E-state index in [2.05, 4.69) is 55.5 Å². The molecule has 0 saturated heterocycles. The number of rotatable bonds is 70. The summed E-state index contributed by atoms with van der Waals surface area (Å²) in [6.07, 6.45) is 72.7. The van der Waals surface area contributed by atoms with Crippen molar-refractivity contribution in [3.05, 3.63) is 7.43 Å². The van der Waals surface area contributed by atoms with E-state index in [1.54, 1.807) is 0 Å². The van der Waals surface area contributed by atoms with Gasteiger partial charge in [0.1, 0.15) is 0 Å². The Hall–Kier alpha value is 0.350. The maximum absolute atomic E-state index is 10.2. The van der Waals surface area contributed by atoms with Crippen LogP contribution in [0.4, 0.5) is 0 Å². The largest absolute Gasteiger partial charge is 4.00 e. The van der Waals surface area contributed by atoms with Crippen molar-refractivity contribution < 1.29 is 115 Å². The Balaban J connectivity index is -0.000000208. The summed E-state index contributed by atoms with van der Waals surface area (Å²) >= 11 is 0. The first kappa shape index (κ1) is 111. The van der Waals surface area contributed by atoms with E-state index in [-0.39, 0.29) is 70.0 Å². The first-order valence-electron chi connectivity index (χ1n) is 38.3. The van der Waals surface area contributed by atoms with Crippen molar-refractivity contribution in [1.29, 1.82) is 0 Å². The normalized spacial score (nSPS) is 11.6. The molecule has 0 fully saturated rings. The molecule has 0 aromatic heterocycles. The average molecular weight is 1500 g/mol. The second kappa shape index (κ2) is 87.0. The first-order valence-corrected chi connectivity index (χ1v) is 45.0. The summed E-state index contributed by atoms with van der Waals surface area (Å²) in [6.45, 7) is 11.3. The Morgan fingerprint density at radius 1 is 0.165 bits per heavy atom. The predicted molar refractivity (Wildman–Crippen MR) is 387 cm³/mol. The Morgan fingerprint density at radius 3 is 0.309 bits per heavy atom. The molecule has 0 atom stereocenters. The summed E-state index contributed by atoms with van der Waals surface area (Å²) in [7, 11) is -22.4. The van der Waals surface area contributed by atoms with Crippen molar-refractivity contribution in [2.24, 2.45) is 0 Å². The van der Waals surface area contributed by atoms with Gasteiger partial charge in [-0.15, -0.1) is 0 Å². The maximum atomic E-state index is 10.2. The molecule has 20 nitrogen and oxygen atoms in total. The molecule has 0 aromatic rings. The van der Waals surface area contributed by atoms with Crippen LogP contribution in [0.5, 0.6) is 0 Å². The SMILES string of the molecule is CCCCCCCCCCCCCCOS(=O)(=O)[O-].CCCCCCCCCCCCCCOS(=O)(=O)[O-].CCCCCCCCCCCCCCOS(=O)(=O)[O-].CCCCCCCCCCCCCCOS(=O)(=O)[O-].CCCCCCCCCCCCCCOS(=O)(=O)[O-].[C+4].[Na+]. The Bertz CT molecular complexity index is 1720. The molecule has 0 unspecified atom stereocenters. The van der Waals surface area contributed by atoms with E-state index in [4.69, 9.17) is 0 Å². The van der Waals surface area contributed by atoms with E-state index in [9.17, 15) is 64.9 Å². The van der Waals surface area contributed by atoms with Crippen LogP contribution in [-0.4, -0.2) is 97.9 Å². The van der Waals surface area contributed by atoms with Crippen LogP contribution in [0.15, 0.2) is 0 Å². The monoisotopic (exact) mass is 1500 g/mol. The van der Waals surface area contributed by atoms with Gasteiger partial charge in [-0.1, -0.05) is 388 Å². The molecule has 0 rings (SSSR count). The summed E-state index contributed by atoms with van der Waals surface area (Å²) in [6, 6.07) is 0. The summed E-state index contributed by atoms with van der Waals surface area (Å²) in [5.41, 5.74) is 0. The second-order valence-corrected chi connectivity index (χ2v) is 30.9. The molecular weight excluding hydrogens is 1360 g/mol. The summed E-state index contributed by atoms with van der Waals surface area (Å²) < 4.78 is 173. The van der Waals surface area contributed by atoms with Gasteiger partial charge in [-0.25, -0.2) is 42.1 Å². The van der Waals surface area contributed by atoms with Crippen LogP contribution >= 0.6 is 0 Å². The van der Waals surface area contributed by atoms with Crippen LogP contribution in [-0.2, 0) is 72.9 Å². The van der Waals surface area contributed by atoms with Gasteiger partial charge in [-0.2, -0.15) is 0 Å². The summed E-state index contributed by atoms with van der Waals surface area (Å²) in [4.78, 5) is 0. The first-order chi connectivity index (χ1) is 45.3. The standard InChI is InChI=1S/5C14H30O4S.C.Na/c5*1-2-3-4-5-6-7-8-9-10-11-12-13-14-18-19(15,16)17;;/h5*2-14H2,1H3,(H,15,16,17);;/q;;;;;+4;+1/p-5. The zero-order chi connectivity index (χ0) is 72.0. The zero-order valence-corrected chi connectivity index (χ0v) is 68.8. The van der Waals surface area contributed by atoms with E-state index in [1.165, 1.54) is 289 Å². The molecule has 0 aliphatic rings. The molecule has 0 radical (unpaired) electrons. The van der Waals surface area contributed by atoms with Crippen LogP contribution in [0, 0.1) is 7.43 Å². The van der Waals surface area contributed by atoms with E-state index in [0.717, 1.165) is 64.2 Å². The molecule has 0 heterocycles. The van der Waals surface area contributed by atoms with Crippen molar-refractivity contribution in [3.63, 3.8) is 0 Å². The minimum Gasteiger partial charge on any atom is -0.726 e. The van der Waals surface area contributed by atoms with Crippen molar-refractivity contribution in [2.75, 3.05) is 33.0 Å². The van der Waals surface area contributed by atoms with Crippen molar-refractivity contribution in [3.8, 4) is 0 Å². The maximum Gasteiger partial charge on any atom is 4.00 e. The van der Waals surface area contributed by atoms with E-state index < -0.39 is 52.0 Å². The Morgan fingerprint density at radius 2 is 0.237 bits per heavy atom. The number of hydrogen-bond acceptors (Lipinski definition) is 20. The van der Waals surface area contributed by atoms with Gasteiger partial charge in [-0.05, 0) is 32.1 Å². The van der Waals surface area contributed by atoms with E-state index in [1.807, 2.05) is 0 Å². The molecule has 97 heavy (non-hydrogen) atoms. The smallest absolute Gasteiger partial charge is 0.726 e. The van der Waals surface area contributed by atoms with Gasteiger partial charge in [-0.3, -0.25) is 20.9 Å². The molecule has 0 amide bonds. The fraction of sp³-hybridized carbons (Fsp3) is 0.986. The van der Waals surface area contributed by atoms with Gasteiger partial charge in [0.2, 0.25) is 52.0 Å². The molecule has 0 aliphatic carbocycles. The fourth-order valence-electron chi connectivity index (χ4n) is 10.5. The summed E-state index contributed by atoms with van der Waals surface area (Å²) in [5.74, 6) is 0. The predicted octanol–water partition coefficient (Wildman–Crippen LogP) is 17.9. The molecule has 0 aliphatic heterocycles. The Kier molecular flexibility index (Phi) is 99.3. The third-order valence-electron chi connectivity index (χ3n) is 16.1. The van der Waals surface area contributed by atoms with Crippen LogP contribution in [0.3, 0.4) is 0 Å².